The Bertz CT molecular complexity index is 329. The van der Waals surface area contributed by atoms with Crippen LogP contribution in [0.4, 0.5) is 0 Å². The summed E-state index contributed by atoms with van der Waals surface area (Å²) in [6.07, 6.45) is 5.64. The molecule has 2 N–H and O–H groups in total. The molecule has 0 aliphatic rings. The second-order valence-corrected chi connectivity index (χ2v) is 7.12. The van der Waals surface area contributed by atoms with E-state index in [1.807, 2.05) is 20.8 Å². The zero-order valence-electron chi connectivity index (χ0n) is 14.4. The molecule has 0 aromatic rings. The Kier molecular flexibility index (Phi) is 8.79. The molecule has 21 heavy (non-hydrogen) atoms. The lowest BCUT2D eigenvalue weighted by Crippen LogP contribution is -2.37. The van der Waals surface area contributed by atoms with Crippen molar-refractivity contribution in [1.29, 1.82) is 0 Å². The number of hydrogen-bond acceptors (Lipinski definition) is 3. The van der Waals surface area contributed by atoms with E-state index in [0.29, 0.717) is 25.8 Å². The van der Waals surface area contributed by atoms with Crippen molar-refractivity contribution < 1.29 is 14.7 Å². The van der Waals surface area contributed by atoms with Gasteiger partial charge in [0.2, 0.25) is 5.91 Å². The van der Waals surface area contributed by atoms with Crippen LogP contribution in [0.5, 0.6) is 0 Å². The minimum absolute atomic E-state index is 0.0127. The number of ketones is 1. The summed E-state index contributed by atoms with van der Waals surface area (Å²) in [6, 6.07) is 0. The predicted octanol–water partition coefficient (Wildman–Crippen LogP) is 3.22. The number of hydrogen-bond donors (Lipinski definition) is 2. The number of aliphatic hydroxyl groups is 1. The van der Waals surface area contributed by atoms with Gasteiger partial charge < -0.3 is 10.4 Å². The second kappa shape index (κ2) is 9.19. The van der Waals surface area contributed by atoms with Gasteiger partial charge in [-0.15, -0.1) is 0 Å². The van der Waals surface area contributed by atoms with Gasteiger partial charge in [0.05, 0.1) is 0 Å². The highest BCUT2D eigenvalue weighted by atomic mass is 16.3. The molecule has 0 fully saturated rings. The zero-order chi connectivity index (χ0) is 16.5. The van der Waals surface area contributed by atoms with Gasteiger partial charge in [-0.1, -0.05) is 53.4 Å². The van der Waals surface area contributed by atoms with Crippen molar-refractivity contribution in [2.24, 2.45) is 5.41 Å². The van der Waals surface area contributed by atoms with Gasteiger partial charge >= 0.3 is 0 Å². The number of carbonyl (C=O) groups excluding carboxylic acids is 2. The fraction of sp³-hybridized carbons (Fsp3) is 0.882. The summed E-state index contributed by atoms with van der Waals surface area (Å²) in [5, 5.41) is 13.0. The van der Waals surface area contributed by atoms with Crippen LogP contribution in [-0.2, 0) is 9.59 Å². The predicted molar refractivity (Wildman–Crippen MR) is 86.1 cm³/mol. The lowest BCUT2D eigenvalue weighted by molar-refractivity contribution is -0.136. The normalized spacial score (nSPS) is 14.6. The third-order valence-electron chi connectivity index (χ3n) is 3.67. The molecule has 0 heterocycles. The molecule has 0 spiro atoms. The van der Waals surface area contributed by atoms with Crippen LogP contribution in [0.2, 0.25) is 0 Å². The van der Waals surface area contributed by atoms with Crippen LogP contribution in [-0.4, -0.2) is 28.9 Å². The van der Waals surface area contributed by atoms with Crippen molar-refractivity contribution in [3.05, 3.63) is 0 Å². The van der Waals surface area contributed by atoms with E-state index >= 15 is 0 Å². The molecular formula is C17H33NO3. The second-order valence-electron chi connectivity index (χ2n) is 7.12. The number of Topliss-reactive ketones (excluding diaryl/α,β-unsaturated/α-hetero) is 1. The van der Waals surface area contributed by atoms with E-state index in [9.17, 15) is 14.7 Å². The molecule has 4 heteroatoms. The van der Waals surface area contributed by atoms with Crippen molar-refractivity contribution >= 4 is 11.7 Å². The van der Waals surface area contributed by atoms with E-state index in [1.54, 1.807) is 6.92 Å². The molecule has 1 amide bonds. The van der Waals surface area contributed by atoms with E-state index in [4.69, 9.17) is 0 Å². The van der Waals surface area contributed by atoms with Crippen LogP contribution in [0, 0.1) is 5.41 Å². The molecule has 0 aromatic heterocycles. The Morgan fingerprint density at radius 2 is 1.62 bits per heavy atom. The molecule has 0 bridgehead atoms. The molecule has 0 aliphatic carbocycles. The Labute approximate surface area is 129 Å². The third-order valence-corrected chi connectivity index (χ3v) is 3.67. The monoisotopic (exact) mass is 299 g/mol. The van der Waals surface area contributed by atoms with Crippen LogP contribution in [0.25, 0.3) is 0 Å². The molecule has 0 radical (unpaired) electrons. The van der Waals surface area contributed by atoms with Gasteiger partial charge in [-0.05, 0) is 19.8 Å². The number of rotatable bonds is 10. The molecule has 4 nitrogen and oxygen atoms in total. The van der Waals surface area contributed by atoms with E-state index in [1.165, 1.54) is 0 Å². The first-order chi connectivity index (χ1) is 9.61. The SMILES string of the molecule is CCCCCCC(C)(O)C(=O)CCCNC(=O)C(C)(C)C. The molecule has 0 saturated heterocycles. The first-order valence-electron chi connectivity index (χ1n) is 8.15. The number of carbonyl (C=O) groups is 2. The van der Waals surface area contributed by atoms with Gasteiger partial charge in [-0.25, -0.2) is 0 Å². The number of nitrogens with one attached hydrogen (secondary N) is 1. The molecule has 124 valence electrons. The van der Waals surface area contributed by atoms with Crippen LogP contribution >= 0.6 is 0 Å². The lowest BCUT2D eigenvalue weighted by atomic mass is 9.91. The minimum Gasteiger partial charge on any atom is -0.382 e. The largest absolute Gasteiger partial charge is 0.382 e. The quantitative estimate of drug-likeness (QED) is 0.609. The molecule has 1 unspecified atom stereocenters. The summed E-state index contributed by atoms with van der Waals surface area (Å²) < 4.78 is 0. The van der Waals surface area contributed by atoms with Gasteiger partial charge in [0.25, 0.3) is 0 Å². The number of unbranched alkanes of at least 4 members (excludes halogenated alkanes) is 3. The van der Waals surface area contributed by atoms with Crippen molar-refractivity contribution in [3.63, 3.8) is 0 Å². The van der Waals surface area contributed by atoms with E-state index in [-0.39, 0.29) is 11.7 Å². The molecule has 0 saturated carbocycles. The van der Waals surface area contributed by atoms with Crippen LogP contribution in [0.15, 0.2) is 0 Å². The van der Waals surface area contributed by atoms with Crippen molar-refractivity contribution in [3.8, 4) is 0 Å². The average molecular weight is 299 g/mol. The summed E-state index contributed by atoms with van der Waals surface area (Å²) in [6.45, 7) is 9.79. The fourth-order valence-corrected chi connectivity index (χ4v) is 2.02. The topological polar surface area (TPSA) is 66.4 Å². The standard InChI is InChI=1S/C17H33NO3/c1-6-7-8-9-12-17(5,21)14(19)11-10-13-18-15(20)16(2,3)4/h21H,6-13H2,1-5H3,(H,18,20). The molecule has 1 atom stereocenters. The first kappa shape index (κ1) is 20.1. The van der Waals surface area contributed by atoms with Crippen LogP contribution in [0.1, 0.15) is 79.6 Å². The van der Waals surface area contributed by atoms with Gasteiger partial charge in [0, 0.05) is 18.4 Å². The Morgan fingerprint density at radius 3 is 2.14 bits per heavy atom. The highest BCUT2D eigenvalue weighted by Crippen LogP contribution is 2.18. The summed E-state index contributed by atoms with van der Waals surface area (Å²) in [4.78, 5) is 23.7. The highest BCUT2D eigenvalue weighted by Gasteiger charge is 2.28. The van der Waals surface area contributed by atoms with Crippen molar-refractivity contribution in [2.45, 2.75) is 85.2 Å². The summed E-state index contributed by atoms with van der Waals surface area (Å²) >= 11 is 0. The van der Waals surface area contributed by atoms with Crippen molar-refractivity contribution in [2.75, 3.05) is 6.54 Å². The summed E-state index contributed by atoms with van der Waals surface area (Å²) in [7, 11) is 0. The highest BCUT2D eigenvalue weighted by molar-refractivity contribution is 5.86. The van der Waals surface area contributed by atoms with Gasteiger partial charge in [-0.3, -0.25) is 9.59 Å². The van der Waals surface area contributed by atoms with E-state index in [2.05, 4.69) is 12.2 Å². The van der Waals surface area contributed by atoms with Gasteiger partial charge in [-0.2, -0.15) is 0 Å². The maximum Gasteiger partial charge on any atom is 0.225 e. The van der Waals surface area contributed by atoms with Crippen LogP contribution < -0.4 is 5.32 Å². The third kappa shape index (κ3) is 8.86. The van der Waals surface area contributed by atoms with Crippen LogP contribution in [0.3, 0.4) is 0 Å². The Morgan fingerprint density at radius 1 is 1.00 bits per heavy atom. The number of amides is 1. The average Bonchev–Trinajstić information content (AvgIpc) is 2.38. The van der Waals surface area contributed by atoms with E-state index in [0.717, 1.165) is 25.7 Å². The summed E-state index contributed by atoms with van der Waals surface area (Å²) in [5.41, 5.74) is -1.63. The molecule has 0 rings (SSSR count). The maximum absolute atomic E-state index is 12.0. The van der Waals surface area contributed by atoms with Gasteiger partial charge in [0.1, 0.15) is 5.60 Å². The molecule has 0 aromatic carbocycles. The maximum atomic E-state index is 12.0. The molecule has 0 aliphatic heterocycles. The van der Waals surface area contributed by atoms with Crippen molar-refractivity contribution in [1.82, 2.24) is 5.32 Å². The first-order valence-corrected chi connectivity index (χ1v) is 8.15. The molecular weight excluding hydrogens is 266 g/mol. The lowest BCUT2D eigenvalue weighted by Gasteiger charge is -2.22. The summed E-state index contributed by atoms with van der Waals surface area (Å²) in [5.74, 6) is -0.134. The Balaban J connectivity index is 3.94. The Hall–Kier alpha value is -0.900. The van der Waals surface area contributed by atoms with E-state index < -0.39 is 11.0 Å². The minimum atomic E-state index is -1.22. The van der Waals surface area contributed by atoms with Gasteiger partial charge in [0.15, 0.2) is 5.78 Å². The smallest absolute Gasteiger partial charge is 0.225 e. The zero-order valence-corrected chi connectivity index (χ0v) is 14.4. The fourth-order valence-electron chi connectivity index (χ4n) is 2.02.